The normalized spacial score (nSPS) is 35.2. The molecule has 0 amide bonds. The van der Waals surface area contributed by atoms with E-state index >= 15 is 0 Å². The predicted molar refractivity (Wildman–Crippen MR) is 69.1 cm³/mol. The molecule has 0 saturated heterocycles. The fourth-order valence-corrected chi connectivity index (χ4v) is 3.76. The minimum atomic E-state index is -0.244. The molecular formula is C14H23ClO2. The van der Waals surface area contributed by atoms with E-state index < -0.39 is 0 Å². The highest BCUT2D eigenvalue weighted by Crippen LogP contribution is 2.51. The van der Waals surface area contributed by atoms with E-state index in [1.807, 2.05) is 0 Å². The van der Waals surface area contributed by atoms with Gasteiger partial charge in [0.05, 0.1) is 0 Å². The molecule has 2 fully saturated rings. The molecule has 0 radical (unpaired) electrons. The minimum absolute atomic E-state index is 0.00614. The molecule has 98 valence electrons. The van der Waals surface area contributed by atoms with E-state index in [-0.39, 0.29) is 18.0 Å². The first-order chi connectivity index (χ1) is 8.24. The van der Waals surface area contributed by atoms with E-state index in [0.717, 1.165) is 18.3 Å². The summed E-state index contributed by atoms with van der Waals surface area (Å²) < 4.78 is 5.40. The van der Waals surface area contributed by atoms with Crippen LogP contribution in [0.25, 0.3) is 0 Å². The van der Waals surface area contributed by atoms with Gasteiger partial charge in [-0.25, -0.2) is 0 Å². The Bertz CT molecular complexity index is 267. The first kappa shape index (κ1) is 13.2. The van der Waals surface area contributed by atoms with Gasteiger partial charge in [0.1, 0.15) is 12.0 Å². The zero-order chi connectivity index (χ0) is 12.3. The van der Waals surface area contributed by atoms with Crippen molar-refractivity contribution in [1.82, 2.24) is 0 Å². The van der Waals surface area contributed by atoms with Crippen LogP contribution in [0.15, 0.2) is 0 Å². The summed E-state index contributed by atoms with van der Waals surface area (Å²) in [6, 6.07) is 0. The molecular weight excluding hydrogens is 236 g/mol. The topological polar surface area (TPSA) is 26.3 Å². The van der Waals surface area contributed by atoms with Crippen molar-refractivity contribution in [2.45, 2.75) is 58.0 Å². The number of unbranched alkanes of at least 4 members (excludes halogenated alkanes) is 2. The molecule has 2 aliphatic rings. The van der Waals surface area contributed by atoms with E-state index in [0.29, 0.717) is 5.92 Å². The standard InChI is InChI=1S/C14H23ClO2/c1-2-3-4-5-10-6-12-7-11(10)8-13(12)17-14(16)9-15/h10-13H,2-9H2,1H3/t10-,11+,12-,13-/m0/s1. The molecule has 0 N–H and O–H groups in total. The third kappa shape index (κ3) is 3.15. The van der Waals surface area contributed by atoms with Gasteiger partial charge in [-0.3, -0.25) is 4.79 Å². The van der Waals surface area contributed by atoms with Gasteiger partial charge >= 0.3 is 5.97 Å². The van der Waals surface area contributed by atoms with Crippen molar-refractivity contribution in [2.24, 2.45) is 17.8 Å². The van der Waals surface area contributed by atoms with E-state index in [1.165, 1.54) is 38.5 Å². The van der Waals surface area contributed by atoms with Crippen molar-refractivity contribution < 1.29 is 9.53 Å². The zero-order valence-electron chi connectivity index (χ0n) is 10.7. The molecule has 0 spiro atoms. The number of hydrogen-bond acceptors (Lipinski definition) is 2. The molecule has 0 unspecified atom stereocenters. The summed E-state index contributed by atoms with van der Waals surface area (Å²) >= 11 is 5.47. The molecule has 0 aromatic heterocycles. The Morgan fingerprint density at radius 2 is 2.06 bits per heavy atom. The number of carbonyl (C=O) groups excluding carboxylic acids is 1. The van der Waals surface area contributed by atoms with Gasteiger partial charge in [0.15, 0.2) is 0 Å². The number of esters is 1. The van der Waals surface area contributed by atoms with Crippen molar-refractivity contribution in [2.75, 3.05) is 5.88 Å². The molecule has 3 heteroatoms. The van der Waals surface area contributed by atoms with Crippen LogP contribution in [0.1, 0.15) is 51.9 Å². The van der Waals surface area contributed by atoms with Crippen LogP contribution in [0.2, 0.25) is 0 Å². The molecule has 0 aromatic carbocycles. The maximum Gasteiger partial charge on any atom is 0.321 e. The van der Waals surface area contributed by atoms with Crippen LogP contribution in [-0.4, -0.2) is 18.0 Å². The summed E-state index contributed by atoms with van der Waals surface area (Å²) in [5.74, 6) is 2.08. The average Bonchev–Trinajstić information content (AvgIpc) is 2.88. The number of alkyl halides is 1. The summed E-state index contributed by atoms with van der Waals surface area (Å²) in [7, 11) is 0. The lowest BCUT2D eigenvalue weighted by atomic mass is 9.84. The van der Waals surface area contributed by atoms with E-state index in [9.17, 15) is 4.79 Å². The van der Waals surface area contributed by atoms with E-state index in [4.69, 9.17) is 16.3 Å². The molecule has 0 aliphatic heterocycles. The number of rotatable bonds is 6. The van der Waals surface area contributed by atoms with Crippen molar-refractivity contribution in [3.05, 3.63) is 0 Å². The van der Waals surface area contributed by atoms with Crippen LogP contribution >= 0.6 is 11.6 Å². The van der Waals surface area contributed by atoms with E-state index in [1.54, 1.807) is 0 Å². The van der Waals surface area contributed by atoms with Crippen LogP contribution < -0.4 is 0 Å². The summed E-state index contributed by atoms with van der Waals surface area (Å²) in [5.41, 5.74) is 0. The summed E-state index contributed by atoms with van der Waals surface area (Å²) in [5, 5.41) is 0. The van der Waals surface area contributed by atoms with Gasteiger partial charge in [-0.15, -0.1) is 11.6 Å². The number of fused-ring (bicyclic) bond motifs is 2. The molecule has 2 saturated carbocycles. The molecule has 2 bridgehead atoms. The molecule has 2 rings (SSSR count). The Morgan fingerprint density at radius 1 is 1.24 bits per heavy atom. The highest BCUT2D eigenvalue weighted by molar-refractivity contribution is 6.26. The summed E-state index contributed by atoms with van der Waals surface area (Å²) in [4.78, 5) is 11.2. The Morgan fingerprint density at radius 3 is 2.65 bits per heavy atom. The lowest BCUT2D eigenvalue weighted by Crippen LogP contribution is -2.27. The number of ether oxygens (including phenoxy) is 1. The quantitative estimate of drug-likeness (QED) is 0.412. The van der Waals surface area contributed by atoms with Gasteiger partial charge in [0.2, 0.25) is 0 Å². The fraction of sp³-hybridized carbons (Fsp3) is 0.929. The minimum Gasteiger partial charge on any atom is -0.461 e. The van der Waals surface area contributed by atoms with Gasteiger partial charge in [-0.1, -0.05) is 32.6 Å². The SMILES string of the molecule is CCCCC[C@H]1C[C@H]2C[C@@H]1C[C@@H]2OC(=O)CCl. The molecule has 17 heavy (non-hydrogen) atoms. The molecule has 0 aromatic rings. The maximum atomic E-state index is 11.2. The van der Waals surface area contributed by atoms with Crippen LogP contribution in [0.3, 0.4) is 0 Å². The van der Waals surface area contributed by atoms with Crippen molar-refractivity contribution >= 4 is 17.6 Å². The maximum absolute atomic E-state index is 11.2. The van der Waals surface area contributed by atoms with E-state index in [2.05, 4.69) is 6.92 Å². The molecule has 2 aliphatic carbocycles. The largest absolute Gasteiger partial charge is 0.461 e. The number of hydrogen-bond donors (Lipinski definition) is 0. The number of carbonyl (C=O) groups is 1. The van der Waals surface area contributed by atoms with Crippen molar-refractivity contribution in [3.63, 3.8) is 0 Å². The van der Waals surface area contributed by atoms with Crippen LogP contribution in [0.5, 0.6) is 0 Å². The van der Waals surface area contributed by atoms with Crippen molar-refractivity contribution in [3.8, 4) is 0 Å². The summed E-state index contributed by atoms with van der Waals surface area (Å²) in [6.45, 7) is 2.25. The van der Waals surface area contributed by atoms with Gasteiger partial charge in [-0.05, 0) is 37.0 Å². The first-order valence-corrected chi connectivity index (χ1v) is 7.53. The smallest absolute Gasteiger partial charge is 0.321 e. The highest BCUT2D eigenvalue weighted by Gasteiger charge is 2.46. The monoisotopic (exact) mass is 258 g/mol. The second kappa shape index (κ2) is 6.08. The third-order valence-electron chi connectivity index (χ3n) is 4.51. The summed E-state index contributed by atoms with van der Waals surface area (Å²) in [6.07, 6.45) is 9.22. The highest BCUT2D eigenvalue weighted by atomic mass is 35.5. The second-order valence-electron chi connectivity index (χ2n) is 5.65. The molecule has 0 heterocycles. The average molecular weight is 259 g/mol. The zero-order valence-corrected chi connectivity index (χ0v) is 11.4. The van der Waals surface area contributed by atoms with Gasteiger partial charge in [0.25, 0.3) is 0 Å². The Hall–Kier alpha value is -0.240. The van der Waals surface area contributed by atoms with Crippen molar-refractivity contribution in [1.29, 1.82) is 0 Å². The third-order valence-corrected chi connectivity index (χ3v) is 4.73. The molecule has 2 nitrogen and oxygen atoms in total. The lowest BCUT2D eigenvalue weighted by Gasteiger charge is -2.27. The fourth-order valence-electron chi connectivity index (χ4n) is 3.70. The predicted octanol–water partition coefficient (Wildman–Crippen LogP) is 3.76. The lowest BCUT2D eigenvalue weighted by molar-refractivity contribution is -0.148. The first-order valence-electron chi connectivity index (χ1n) is 7.00. The van der Waals surface area contributed by atoms with Gasteiger partial charge in [-0.2, -0.15) is 0 Å². The Labute approximate surface area is 109 Å². The van der Waals surface area contributed by atoms with Gasteiger partial charge in [0, 0.05) is 0 Å². The van der Waals surface area contributed by atoms with Crippen LogP contribution in [0.4, 0.5) is 0 Å². The Kier molecular flexibility index (Phi) is 4.72. The molecule has 4 atom stereocenters. The Balaban J connectivity index is 1.74. The number of halogens is 1. The van der Waals surface area contributed by atoms with Crippen LogP contribution in [-0.2, 0) is 9.53 Å². The van der Waals surface area contributed by atoms with Crippen LogP contribution in [0, 0.1) is 17.8 Å². The second-order valence-corrected chi connectivity index (χ2v) is 5.91. The van der Waals surface area contributed by atoms with Gasteiger partial charge < -0.3 is 4.74 Å².